The molecule has 1 aromatic heterocycles. The fourth-order valence-electron chi connectivity index (χ4n) is 1.28. The molecule has 0 aliphatic carbocycles. The van der Waals surface area contributed by atoms with E-state index in [4.69, 9.17) is 9.84 Å². The summed E-state index contributed by atoms with van der Waals surface area (Å²) in [5.74, 6) is 0.374. The maximum Gasteiger partial charge on any atom is 0.416 e. The van der Waals surface area contributed by atoms with Gasteiger partial charge in [-0.25, -0.2) is 19.1 Å². The van der Waals surface area contributed by atoms with Crippen molar-refractivity contribution >= 4 is 12.2 Å². The molecule has 0 aliphatic rings. The summed E-state index contributed by atoms with van der Waals surface area (Å²) in [6.07, 6.45) is 1.44. The zero-order valence-corrected chi connectivity index (χ0v) is 10.6. The molecule has 1 amide bonds. The van der Waals surface area contributed by atoms with E-state index in [1.807, 2.05) is 0 Å². The van der Waals surface area contributed by atoms with Gasteiger partial charge in [0.25, 0.3) is 0 Å². The van der Waals surface area contributed by atoms with Crippen molar-refractivity contribution in [2.24, 2.45) is 0 Å². The Hall–Kier alpha value is -2.05. The number of nitrogens with zero attached hydrogens (tertiary/aromatic N) is 2. The zero-order chi connectivity index (χ0) is 13.8. The molecule has 2 N–H and O–H groups in total. The Bertz CT molecular complexity index is 434. The smallest absolute Gasteiger partial charge is 0.416 e. The zero-order valence-electron chi connectivity index (χ0n) is 10.6. The third kappa shape index (κ3) is 4.44. The van der Waals surface area contributed by atoms with Gasteiger partial charge < -0.3 is 15.2 Å². The molecular formula is C11H17N3O4. The Balaban J connectivity index is 2.40. The second kappa shape index (κ2) is 5.52. The highest BCUT2D eigenvalue weighted by atomic mass is 16.6. The molecule has 1 heterocycles. The van der Waals surface area contributed by atoms with E-state index in [1.54, 1.807) is 20.8 Å². The van der Waals surface area contributed by atoms with E-state index in [0.29, 0.717) is 12.2 Å². The van der Waals surface area contributed by atoms with Crippen LogP contribution in [0.3, 0.4) is 0 Å². The third-order valence-corrected chi connectivity index (χ3v) is 1.94. The first kappa shape index (κ1) is 14.0. The Morgan fingerprint density at radius 1 is 1.50 bits per heavy atom. The quantitative estimate of drug-likeness (QED) is 0.853. The standard InChI is InChI=1S/C11H17N3O4/c1-11(2,3)18-9(15)13-5-4-8-12-6-7-14(8)10(16)17/h6-7H,4-5H2,1-3H3,(H,13,15)(H,16,17). The lowest BCUT2D eigenvalue weighted by atomic mass is 10.2. The van der Waals surface area contributed by atoms with Crippen LogP contribution >= 0.6 is 0 Å². The molecule has 0 unspecified atom stereocenters. The minimum absolute atomic E-state index is 0.263. The molecule has 7 heteroatoms. The Morgan fingerprint density at radius 3 is 2.72 bits per heavy atom. The van der Waals surface area contributed by atoms with E-state index in [9.17, 15) is 9.59 Å². The van der Waals surface area contributed by atoms with Gasteiger partial charge in [-0.05, 0) is 20.8 Å². The van der Waals surface area contributed by atoms with Crippen molar-refractivity contribution in [3.63, 3.8) is 0 Å². The summed E-state index contributed by atoms with van der Waals surface area (Å²) in [6, 6.07) is 0. The predicted molar refractivity (Wildman–Crippen MR) is 63.6 cm³/mol. The van der Waals surface area contributed by atoms with Crippen molar-refractivity contribution in [3.8, 4) is 0 Å². The number of hydrogen-bond acceptors (Lipinski definition) is 4. The monoisotopic (exact) mass is 255 g/mol. The molecule has 0 aromatic carbocycles. The molecule has 1 aromatic rings. The molecule has 0 spiro atoms. The summed E-state index contributed by atoms with van der Waals surface area (Å²) >= 11 is 0. The first-order valence-corrected chi connectivity index (χ1v) is 5.52. The number of amides is 1. The average Bonchev–Trinajstić information content (AvgIpc) is 2.62. The summed E-state index contributed by atoms with van der Waals surface area (Å²) < 4.78 is 6.05. The van der Waals surface area contributed by atoms with Gasteiger partial charge in [-0.1, -0.05) is 0 Å². The van der Waals surface area contributed by atoms with Gasteiger partial charge in [0.1, 0.15) is 11.4 Å². The molecule has 0 atom stereocenters. The van der Waals surface area contributed by atoms with Gasteiger partial charge in [-0.15, -0.1) is 0 Å². The van der Waals surface area contributed by atoms with Gasteiger partial charge in [-0.2, -0.15) is 0 Å². The van der Waals surface area contributed by atoms with E-state index in [1.165, 1.54) is 12.4 Å². The molecule has 1 rings (SSSR count). The minimum atomic E-state index is -1.10. The largest absolute Gasteiger partial charge is 0.464 e. The number of alkyl carbamates (subject to hydrolysis) is 1. The second-order valence-electron chi connectivity index (χ2n) is 4.67. The van der Waals surface area contributed by atoms with Crippen molar-refractivity contribution < 1.29 is 19.4 Å². The number of imidazole rings is 1. The van der Waals surface area contributed by atoms with Crippen LogP contribution in [0.15, 0.2) is 12.4 Å². The van der Waals surface area contributed by atoms with Crippen LogP contribution < -0.4 is 5.32 Å². The number of hydrogen-bond donors (Lipinski definition) is 2. The lowest BCUT2D eigenvalue weighted by Crippen LogP contribution is -2.34. The van der Waals surface area contributed by atoms with Crippen molar-refractivity contribution in [3.05, 3.63) is 18.2 Å². The second-order valence-corrected chi connectivity index (χ2v) is 4.67. The van der Waals surface area contributed by atoms with Crippen LogP contribution in [0, 0.1) is 0 Å². The lowest BCUT2D eigenvalue weighted by molar-refractivity contribution is 0.0528. The summed E-state index contributed by atoms with van der Waals surface area (Å²) in [5, 5.41) is 11.4. The van der Waals surface area contributed by atoms with Gasteiger partial charge >= 0.3 is 12.2 Å². The molecule has 0 bridgehead atoms. The Kier molecular flexibility index (Phi) is 4.30. The highest BCUT2D eigenvalue weighted by Crippen LogP contribution is 2.06. The molecule has 0 aliphatic heterocycles. The number of carbonyl (C=O) groups excluding carboxylic acids is 1. The normalized spacial score (nSPS) is 11.1. The first-order valence-electron chi connectivity index (χ1n) is 5.52. The van der Waals surface area contributed by atoms with Crippen LogP contribution in [0.1, 0.15) is 26.6 Å². The van der Waals surface area contributed by atoms with Crippen molar-refractivity contribution in [2.45, 2.75) is 32.8 Å². The number of ether oxygens (including phenoxy) is 1. The number of carboxylic acid groups (broad SMARTS) is 1. The van der Waals surface area contributed by atoms with Crippen LogP contribution in [-0.4, -0.2) is 39.0 Å². The Morgan fingerprint density at radius 2 is 2.17 bits per heavy atom. The van der Waals surface area contributed by atoms with E-state index in [-0.39, 0.29) is 6.54 Å². The topological polar surface area (TPSA) is 93.5 Å². The number of aromatic nitrogens is 2. The minimum Gasteiger partial charge on any atom is -0.464 e. The summed E-state index contributed by atoms with van der Waals surface area (Å²) in [4.78, 5) is 26.0. The van der Waals surface area contributed by atoms with Crippen LogP contribution in [0.25, 0.3) is 0 Å². The van der Waals surface area contributed by atoms with Gasteiger partial charge in [0.05, 0.1) is 0 Å². The fraction of sp³-hybridized carbons (Fsp3) is 0.545. The third-order valence-electron chi connectivity index (χ3n) is 1.94. The molecule has 18 heavy (non-hydrogen) atoms. The lowest BCUT2D eigenvalue weighted by Gasteiger charge is -2.19. The van der Waals surface area contributed by atoms with Crippen LogP contribution in [-0.2, 0) is 11.2 Å². The predicted octanol–water partition coefficient (Wildman–Crippen LogP) is 1.48. The molecule has 7 nitrogen and oxygen atoms in total. The number of rotatable bonds is 3. The van der Waals surface area contributed by atoms with Crippen molar-refractivity contribution in [1.82, 2.24) is 14.9 Å². The Labute approximate surface area is 105 Å². The summed E-state index contributed by atoms with van der Waals surface area (Å²) in [6.45, 7) is 5.57. The summed E-state index contributed by atoms with van der Waals surface area (Å²) in [5.41, 5.74) is -0.552. The van der Waals surface area contributed by atoms with Crippen LogP contribution in [0.2, 0.25) is 0 Å². The molecule has 0 saturated carbocycles. The van der Waals surface area contributed by atoms with Gasteiger partial charge in [0, 0.05) is 25.4 Å². The highest BCUT2D eigenvalue weighted by Gasteiger charge is 2.16. The molecule has 0 fully saturated rings. The van der Waals surface area contributed by atoms with Crippen molar-refractivity contribution in [2.75, 3.05) is 6.54 Å². The number of nitrogens with one attached hydrogen (secondary N) is 1. The van der Waals surface area contributed by atoms with Gasteiger partial charge in [0.2, 0.25) is 0 Å². The van der Waals surface area contributed by atoms with Crippen LogP contribution in [0.5, 0.6) is 0 Å². The molecular weight excluding hydrogens is 238 g/mol. The summed E-state index contributed by atoms with van der Waals surface area (Å²) in [7, 11) is 0. The fourth-order valence-corrected chi connectivity index (χ4v) is 1.28. The van der Waals surface area contributed by atoms with Crippen molar-refractivity contribution in [1.29, 1.82) is 0 Å². The van der Waals surface area contributed by atoms with E-state index < -0.39 is 17.8 Å². The maximum absolute atomic E-state index is 11.3. The molecule has 100 valence electrons. The van der Waals surface area contributed by atoms with E-state index in [0.717, 1.165) is 4.57 Å². The number of carbonyl (C=O) groups is 2. The van der Waals surface area contributed by atoms with E-state index in [2.05, 4.69) is 10.3 Å². The van der Waals surface area contributed by atoms with Gasteiger partial charge in [0.15, 0.2) is 0 Å². The SMILES string of the molecule is CC(C)(C)OC(=O)NCCc1nccn1C(=O)O. The highest BCUT2D eigenvalue weighted by molar-refractivity contribution is 5.69. The average molecular weight is 255 g/mol. The maximum atomic E-state index is 11.3. The first-order chi connectivity index (χ1) is 8.29. The van der Waals surface area contributed by atoms with Gasteiger partial charge in [-0.3, -0.25) is 0 Å². The molecule has 0 radical (unpaired) electrons. The van der Waals surface area contributed by atoms with Crippen LogP contribution in [0.4, 0.5) is 9.59 Å². The van der Waals surface area contributed by atoms with E-state index >= 15 is 0 Å². The molecule has 0 saturated heterocycles.